The number of sulfonamides is 1. The number of benzene rings is 2. The number of piperazine rings is 1. The Bertz CT molecular complexity index is 840. The predicted octanol–water partition coefficient (Wildman–Crippen LogP) is 3.46. The molecule has 146 valence electrons. The molecular weight excluding hydrogens is 356 g/mol. The van der Waals surface area contributed by atoms with Gasteiger partial charge in [-0.05, 0) is 43.9 Å². The Morgan fingerprint density at radius 3 is 2.15 bits per heavy atom. The molecule has 2 aromatic rings. The molecule has 0 amide bonds. The van der Waals surface area contributed by atoms with Crippen LogP contribution in [0.1, 0.15) is 30.5 Å². The minimum atomic E-state index is -3.31. The van der Waals surface area contributed by atoms with Gasteiger partial charge in [-0.25, -0.2) is 8.42 Å². The Balaban J connectivity index is 1.64. The van der Waals surface area contributed by atoms with E-state index >= 15 is 0 Å². The standard InChI is InChI=1S/C22H30N2O2S/c1-18-9-7-8-12-22(18)17-27(25,26)23-15-19(2)24(20(3)16-23)14-13-21-10-5-4-6-11-21/h4-12,19-20H,13-17H2,1-3H3. The fourth-order valence-electron chi connectivity index (χ4n) is 3.94. The molecule has 1 aliphatic heterocycles. The van der Waals surface area contributed by atoms with Gasteiger partial charge >= 0.3 is 0 Å². The van der Waals surface area contributed by atoms with E-state index in [1.54, 1.807) is 4.31 Å². The van der Waals surface area contributed by atoms with Crippen LogP contribution in [0.2, 0.25) is 0 Å². The molecule has 1 aliphatic rings. The normalized spacial score (nSPS) is 22.0. The summed E-state index contributed by atoms with van der Waals surface area (Å²) in [6.45, 7) is 8.32. The lowest BCUT2D eigenvalue weighted by atomic mass is 10.1. The maximum absolute atomic E-state index is 13.0. The van der Waals surface area contributed by atoms with Gasteiger partial charge in [-0.15, -0.1) is 0 Å². The number of hydrogen-bond donors (Lipinski definition) is 0. The van der Waals surface area contributed by atoms with Crippen molar-refractivity contribution >= 4 is 10.0 Å². The molecule has 0 aliphatic carbocycles. The van der Waals surface area contributed by atoms with E-state index in [0.29, 0.717) is 13.1 Å². The van der Waals surface area contributed by atoms with Crippen molar-refractivity contribution in [2.75, 3.05) is 19.6 Å². The van der Waals surface area contributed by atoms with Gasteiger partial charge in [-0.3, -0.25) is 4.90 Å². The molecule has 1 saturated heterocycles. The van der Waals surface area contributed by atoms with Crippen molar-refractivity contribution in [2.24, 2.45) is 0 Å². The molecule has 0 N–H and O–H groups in total. The van der Waals surface area contributed by atoms with Crippen LogP contribution in [0.25, 0.3) is 0 Å². The molecule has 2 aromatic carbocycles. The highest BCUT2D eigenvalue weighted by atomic mass is 32.2. The zero-order valence-corrected chi connectivity index (χ0v) is 17.3. The summed E-state index contributed by atoms with van der Waals surface area (Å²) in [5.74, 6) is 0.0864. The molecule has 0 radical (unpaired) electrons. The van der Waals surface area contributed by atoms with Crippen LogP contribution in [0, 0.1) is 6.92 Å². The largest absolute Gasteiger partial charge is 0.295 e. The first-order valence-electron chi connectivity index (χ1n) is 9.69. The summed E-state index contributed by atoms with van der Waals surface area (Å²) in [4.78, 5) is 2.44. The SMILES string of the molecule is Cc1ccccc1CS(=O)(=O)N1CC(C)N(CCc2ccccc2)C(C)C1. The van der Waals surface area contributed by atoms with E-state index in [1.165, 1.54) is 5.56 Å². The minimum absolute atomic E-state index is 0.0864. The number of hydrogen-bond acceptors (Lipinski definition) is 3. The summed E-state index contributed by atoms with van der Waals surface area (Å²) in [6, 6.07) is 18.6. The second-order valence-electron chi connectivity index (χ2n) is 7.67. The third-order valence-electron chi connectivity index (χ3n) is 5.56. The Labute approximate surface area is 163 Å². The monoisotopic (exact) mass is 386 g/mol. The molecule has 0 bridgehead atoms. The first-order chi connectivity index (χ1) is 12.9. The average Bonchev–Trinajstić information content (AvgIpc) is 2.63. The van der Waals surface area contributed by atoms with E-state index in [2.05, 4.69) is 43.0 Å². The van der Waals surface area contributed by atoms with Crippen molar-refractivity contribution in [1.29, 1.82) is 0 Å². The van der Waals surface area contributed by atoms with Gasteiger partial charge < -0.3 is 0 Å². The zero-order chi connectivity index (χ0) is 19.4. The zero-order valence-electron chi connectivity index (χ0n) is 16.5. The summed E-state index contributed by atoms with van der Waals surface area (Å²) in [6.07, 6.45) is 0.992. The Kier molecular flexibility index (Phi) is 6.35. The first-order valence-corrected chi connectivity index (χ1v) is 11.3. The Hall–Kier alpha value is -1.69. The molecule has 1 heterocycles. The van der Waals surface area contributed by atoms with Crippen molar-refractivity contribution in [1.82, 2.24) is 9.21 Å². The van der Waals surface area contributed by atoms with E-state index in [1.807, 2.05) is 37.3 Å². The average molecular weight is 387 g/mol. The predicted molar refractivity (Wildman–Crippen MR) is 111 cm³/mol. The highest BCUT2D eigenvalue weighted by Gasteiger charge is 2.35. The lowest BCUT2D eigenvalue weighted by Gasteiger charge is -2.44. The fourth-order valence-corrected chi connectivity index (χ4v) is 5.72. The minimum Gasteiger partial charge on any atom is -0.295 e. The van der Waals surface area contributed by atoms with Gasteiger partial charge in [0, 0.05) is 31.7 Å². The van der Waals surface area contributed by atoms with E-state index < -0.39 is 10.0 Å². The summed E-state index contributed by atoms with van der Waals surface area (Å²) < 4.78 is 27.7. The molecule has 4 nitrogen and oxygen atoms in total. The van der Waals surface area contributed by atoms with Crippen LogP contribution in [-0.2, 0) is 22.2 Å². The van der Waals surface area contributed by atoms with Crippen LogP contribution >= 0.6 is 0 Å². The Morgan fingerprint density at radius 1 is 0.926 bits per heavy atom. The van der Waals surface area contributed by atoms with Crippen LogP contribution in [0.5, 0.6) is 0 Å². The molecule has 0 aromatic heterocycles. The topological polar surface area (TPSA) is 40.6 Å². The number of aryl methyl sites for hydroxylation is 1. The van der Waals surface area contributed by atoms with Gasteiger partial charge in [0.15, 0.2) is 0 Å². The lowest BCUT2D eigenvalue weighted by Crippen LogP contribution is -2.58. The van der Waals surface area contributed by atoms with Crippen molar-refractivity contribution in [3.63, 3.8) is 0 Å². The molecule has 1 fully saturated rings. The van der Waals surface area contributed by atoms with E-state index in [-0.39, 0.29) is 17.8 Å². The molecule has 3 rings (SSSR count). The Morgan fingerprint density at radius 2 is 1.52 bits per heavy atom. The molecule has 27 heavy (non-hydrogen) atoms. The van der Waals surface area contributed by atoms with E-state index in [0.717, 1.165) is 24.1 Å². The molecule has 0 spiro atoms. The summed E-state index contributed by atoms with van der Waals surface area (Å²) in [7, 11) is -3.31. The van der Waals surface area contributed by atoms with Crippen molar-refractivity contribution < 1.29 is 8.42 Å². The van der Waals surface area contributed by atoms with Crippen LogP contribution in [0.3, 0.4) is 0 Å². The van der Waals surface area contributed by atoms with Gasteiger partial charge in [-0.2, -0.15) is 4.31 Å². The van der Waals surface area contributed by atoms with Gasteiger partial charge in [0.25, 0.3) is 0 Å². The smallest absolute Gasteiger partial charge is 0.218 e. The highest BCUT2D eigenvalue weighted by Crippen LogP contribution is 2.22. The molecule has 2 unspecified atom stereocenters. The summed E-state index contributed by atoms with van der Waals surface area (Å²) in [5.41, 5.74) is 3.25. The third kappa shape index (κ3) is 4.98. The summed E-state index contributed by atoms with van der Waals surface area (Å²) in [5, 5.41) is 0. The van der Waals surface area contributed by atoms with Crippen LogP contribution in [0.4, 0.5) is 0 Å². The maximum atomic E-state index is 13.0. The third-order valence-corrected chi connectivity index (χ3v) is 7.32. The lowest BCUT2D eigenvalue weighted by molar-refractivity contribution is 0.0783. The van der Waals surface area contributed by atoms with Gasteiger partial charge in [0.2, 0.25) is 10.0 Å². The quantitative estimate of drug-likeness (QED) is 0.763. The number of nitrogens with zero attached hydrogens (tertiary/aromatic N) is 2. The second-order valence-corrected chi connectivity index (χ2v) is 9.64. The van der Waals surface area contributed by atoms with Crippen LogP contribution < -0.4 is 0 Å². The van der Waals surface area contributed by atoms with Crippen molar-refractivity contribution in [2.45, 2.75) is 45.0 Å². The van der Waals surface area contributed by atoms with Gasteiger partial charge in [-0.1, -0.05) is 54.6 Å². The first kappa shape index (κ1) is 20.1. The van der Waals surface area contributed by atoms with E-state index in [9.17, 15) is 8.42 Å². The van der Waals surface area contributed by atoms with Crippen molar-refractivity contribution in [3.8, 4) is 0 Å². The van der Waals surface area contributed by atoms with Crippen LogP contribution in [0.15, 0.2) is 54.6 Å². The van der Waals surface area contributed by atoms with Gasteiger partial charge in [0.05, 0.1) is 5.75 Å². The van der Waals surface area contributed by atoms with Crippen molar-refractivity contribution in [3.05, 3.63) is 71.3 Å². The molecule has 2 atom stereocenters. The molecule has 5 heteroatoms. The summed E-state index contributed by atoms with van der Waals surface area (Å²) >= 11 is 0. The maximum Gasteiger partial charge on any atom is 0.218 e. The van der Waals surface area contributed by atoms with Crippen LogP contribution in [-0.4, -0.2) is 49.3 Å². The van der Waals surface area contributed by atoms with Gasteiger partial charge in [0.1, 0.15) is 0 Å². The van der Waals surface area contributed by atoms with E-state index in [4.69, 9.17) is 0 Å². The fraction of sp³-hybridized carbons (Fsp3) is 0.455. The highest BCUT2D eigenvalue weighted by molar-refractivity contribution is 7.88. The number of rotatable bonds is 6. The molecular formula is C22H30N2O2S. The second kappa shape index (κ2) is 8.55. The molecule has 0 saturated carbocycles.